The van der Waals surface area contributed by atoms with E-state index in [1.807, 2.05) is 0 Å². The first kappa shape index (κ1) is 14.4. The second-order valence-electron chi connectivity index (χ2n) is 3.16. The van der Waals surface area contributed by atoms with Gasteiger partial charge in [-0.25, -0.2) is 4.79 Å². The van der Waals surface area contributed by atoms with Gasteiger partial charge < -0.3 is 10.6 Å². The molecule has 1 aromatic carbocycles. The zero-order chi connectivity index (χ0) is 14.6. The number of nitro groups is 1. The van der Waals surface area contributed by atoms with Crippen LogP contribution in [-0.4, -0.2) is 22.9 Å². The Bertz CT molecular complexity index is 542. The van der Waals surface area contributed by atoms with Gasteiger partial charge in [-0.2, -0.15) is 13.2 Å². The molecule has 0 aliphatic rings. The zero-order valence-electron chi connectivity index (χ0n) is 9.05. The van der Waals surface area contributed by atoms with Crippen LogP contribution in [0, 0.1) is 10.1 Å². The van der Waals surface area contributed by atoms with Gasteiger partial charge in [0.2, 0.25) is 0 Å². The fraction of sp³-hybridized carbons (Fsp3) is 0.111. The van der Waals surface area contributed by atoms with E-state index in [-0.39, 0.29) is 11.3 Å². The first-order valence-electron chi connectivity index (χ1n) is 4.58. The Morgan fingerprint density at radius 3 is 2.58 bits per heavy atom. The first-order valence-corrected chi connectivity index (χ1v) is 4.58. The van der Waals surface area contributed by atoms with Crippen LogP contribution in [0.4, 0.5) is 18.9 Å². The Labute approximate surface area is 103 Å². The van der Waals surface area contributed by atoms with Gasteiger partial charge in [0.1, 0.15) is 0 Å². The van der Waals surface area contributed by atoms with E-state index in [0.29, 0.717) is 0 Å². The molecule has 0 bridgehead atoms. The number of carbonyl (C=O) groups is 1. The van der Waals surface area contributed by atoms with Crippen LogP contribution < -0.4 is 5.73 Å². The number of halogens is 3. The summed E-state index contributed by atoms with van der Waals surface area (Å²) in [5.41, 5.74) is 4.85. The molecule has 1 aromatic rings. The number of carbonyl (C=O) groups excluding carboxylic acids is 1. The lowest BCUT2D eigenvalue weighted by molar-refractivity contribution is -0.384. The van der Waals surface area contributed by atoms with Gasteiger partial charge in [0.25, 0.3) is 5.69 Å². The molecule has 0 amide bonds. The van der Waals surface area contributed by atoms with Crippen LogP contribution in [0.5, 0.6) is 0 Å². The van der Waals surface area contributed by atoms with E-state index in [4.69, 9.17) is 5.73 Å². The minimum absolute atomic E-state index is 0.0517. The Morgan fingerprint density at radius 2 is 2.05 bits per heavy atom. The monoisotopic (exact) mass is 277 g/mol. The molecule has 1 rings (SSSR count). The summed E-state index contributed by atoms with van der Waals surface area (Å²) in [7, 11) is 0. The highest BCUT2D eigenvalue weighted by Gasteiger charge is 2.41. The number of hydrogen-bond acceptors (Lipinski definition) is 5. The van der Waals surface area contributed by atoms with Crippen LogP contribution in [0.15, 0.2) is 29.4 Å². The third-order valence-corrected chi connectivity index (χ3v) is 1.81. The molecule has 0 radical (unpaired) electrons. The van der Waals surface area contributed by atoms with Crippen molar-refractivity contribution < 1.29 is 27.7 Å². The average molecular weight is 277 g/mol. The fourth-order valence-corrected chi connectivity index (χ4v) is 0.974. The molecule has 0 atom stereocenters. The second kappa shape index (κ2) is 5.33. The SMILES string of the molecule is NC(=NOC(=O)C(F)(F)F)c1cccc([N+](=O)[O-])c1. The third kappa shape index (κ3) is 3.94. The molecule has 0 saturated carbocycles. The van der Waals surface area contributed by atoms with Gasteiger partial charge in [-0.15, -0.1) is 0 Å². The molecule has 0 heterocycles. The maximum atomic E-state index is 11.8. The number of nitrogens with zero attached hydrogens (tertiary/aromatic N) is 2. The number of nitro benzene ring substituents is 1. The van der Waals surface area contributed by atoms with E-state index in [1.54, 1.807) is 0 Å². The van der Waals surface area contributed by atoms with Gasteiger partial charge in [0, 0.05) is 17.7 Å². The van der Waals surface area contributed by atoms with Crippen LogP contribution in [0.2, 0.25) is 0 Å². The van der Waals surface area contributed by atoms with Crippen molar-refractivity contribution in [3.05, 3.63) is 39.9 Å². The van der Waals surface area contributed by atoms with Gasteiger partial charge in [0.15, 0.2) is 5.84 Å². The number of alkyl halides is 3. The molecule has 102 valence electrons. The summed E-state index contributed by atoms with van der Waals surface area (Å²) in [5.74, 6) is -3.14. The summed E-state index contributed by atoms with van der Waals surface area (Å²) in [6.45, 7) is 0. The molecule has 0 fully saturated rings. The number of hydrogen-bond donors (Lipinski definition) is 1. The molecule has 2 N–H and O–H groups in total. The molecule has 0 saturated heterocycles. The molecule has 7 nitrogen and oxygen atoms in total. The summed E-state index contributed by atoms with van der Waals surface area (Å²) in [6.07, 6.45) is -5.20. The Balaban J connectivity index is 2.88. The Morgan fingerprint density at radius 1 is 1.42 bits per heavy atom. The molecule has 19 heavy (non-hydrogen) atoms. The van der Waals surface area contributed by atoms with E-state index < -0.39 is 22.9 Å². The summed E-state index contributed by atoms with van der Waals surface area (Å²) >= 11 is 0. The molecular weight excluding hydrogens is 271 g/mol. The fourth-order valence-electron chi connectivity index (χ4n) is 0.974. The van der Waals surface area contributed by atoms with Crippen LogP contribution in [0.3, 0.4) is 0 Å². The maximum Gasteiger partial charge on any atom is 0.493 e. The minimum atomic E-state index is -5.20. The van der Waals surface area contributed by atoms with Crippen LogP contribution in [0.1, 0.15) is 5.56 Å². The zero-order valence-corrected chi connectivity index (χ0v) is 9.05. The number of nitrogens with two attached hydrogens (primary N) is 1. The number of benzene rings is 1. The van der Waals surface area contributed by atoms with Crippen molar-refractivity contribution in [1.29, 1.82) is 0 Å². The van der Waals surface area contributed by atoms with E-state index in [9.17, 15) is 28.1 Å². The van der Waals surface area contributed by atoms with Crippen LogP contribution in [0.25, 0.3) is 0 Å². The normalized spacial score (nSPS) is 12.1. The van der Waals surface area contributed by atoms with Crippen molar-refractivity contribution in [2.24, 2.45) is 10.9 Å². The highest BCUT2D eigenvalue weighted by molar-refractivity contribution is 5.98. The van der Waals surface area contributed by atoms with E-state index in [0.717, 1.165) is 12.1 Å². The van der Waals surface area contributed by atoms with E-state index >= 15 is 0 Å². The number of non-ortho nitro benzene ring substituents is 1. The van der Waals surface area contributed by atoms with Crippen LogP contribution >= 0.6 is 0 Å². The molecule has 10 heteroatoms. The minimum Gasteiger partial charge on any atom is -0.380 e. The smallest absolute Gasteiger partial charge is 0.380 e. The Kier molecular flexibility index (Phi) is 4.04. The number of oxime groups is 1. The maximum absolute atomic E-state index is 11.8. The highest BCUT2D eigenvalue weighted by atomic mass is 19.4. The predicted octanol–water partition coefficient (Wildman–Crippen LogP) is 1.32. The summed E-state index contributed by atoms with van der Waals surface area (Å²) in [5, 5.41) is 13.2. The van der Waals surface area contributed by atoms with Gasteiger partial charge >= 0.3 is 12.1 Å². The molecule has 0 unspecified atom stereocenters. The lowest BCUT2D eigenvalue weighted by Gasteiger charge is -2.03. The topological polar surface area (TPSA) is 108 Å². The largest absolute Gasteiger partial charge is 0.493 e. The van der Waals surface area contributed by atoms with Crippen LogP contribution in [-0.2, 0) is 9.63 Å². The molecule has 0 aromatic heterocycles. The number of rotatable bonds is 3. The van der Waals surface area contributed by atoms with Crippen molar-refractivity contribution in [3.63, 3.8) is 0 Å². The highest BCUT2D eigenvalue weighted by Crippen LogP contribution is 2.17. The summed E-state index contributed by atoms with van der Waals surface area (Å²) < 4.78 is 35.4. The standard InChI is InChI=1S/C9H6F3N3O4/c10-9(11,12)8(16)19-14-7(13)5-2-1-3-6(4-5)15(17)18/h1-4H,(H2,13,14). The lowest BCUT2D eigenvalue weighted by atomic mass is 10.2. The van der Waals surface area contributed by atoms with Crippen molar-refractivity contribution in [1.82, 2.24) is 0 Å². The van der Waals surface area contributed by atoms with Crippen molar-refractivity contribution in [3.8, 4) is 0 Å². The Hall–Kier alpha value is -2.65. The quantitative estimate of drug-likeness (QED) is 0.295. The van der Waals surface area contributed by atoms with Crippen molar-refractivity contribution in [2.75, 3.05) is 0 Å². The van der Waals surface area contributed by atoms with Gasteiger partial charge in [-0.3, -0.25) is 10.1 Å². The van der Waals surface area contributed by atoms with E-state index in [2.05, 4.69) is 9.99 Å². The average Bonchev–Trinajstić information content (AvgIpc) is 2.34. The summed E-state index contributed by atoms with van der Waals surface area (Å²) in [6, 6.07) is 4.63. The lowest BCUT2D eigenvalue weighted by Crippen LogP contribution is -2.25. The molecular formula is C9H6F3N3O4. The second-order valence-corrected chi connectivity index (χ2v) is 3.16. The van der Waals surface area contributed by atoms with Gasteiger partial charge in [-0.1, -0.05) is 17.3 Å². The first-order chi connectivity index (χ1) is 8.71. The summed E-state index contributed by atoms with van der Waals surface area (Å²) in [4.78, 5) is 23.6. The predicted molar refractivity (Wildman–Crippen MR) is 56.0 cm³/mol. The number of amidine groups is 1. The van der Waals surface area contributed by atoms with Crippen molar-refractivity contribution in [2.45, 2.75) is 6.18 Å². The molecule has 0 aliphatic heterocycles. The van der Waals surface area contributed by atoms with Gasteiger partial charge in [0.05, 0.1) is 4.92 Å². The van der Waals surface area contributed by atoms with Gasteiger partial charge in [-0.05, 0) is 0 Å². The molecule has 0 aliphatic carbocycles. The van der Waals surface area contributed by atoms with E-state index in [1.165, 1.54) is 12.1 Å². The third-order valence-electron chi connectivity index (χ3n) is 1.81. The molecule has 0 spiro atoms. The van der Waals surface area contributed by atoms with Crippen molar-refractivity contribution >= 4 is 17.5 Å².